The lowest BCUT2D eigenvalue weighted by molar-refractivity contribution is 0.559. The summed E-state index contributed by atoms with van der Waals surface area (Å²) in [4.78, 5) is 1.53. The van der Waals surface area contributed by atoms with E-state index in [-0.39, 0.29) is 0 Å². The molecule has 2 N–H and O–H groups in total. The highest BCUT2D eigenvalue weighted by Crippen LogP contribution is 2.64. The van der Waals surface area contributed by atoms with Crippen LogP contribution in [0.3, 0.4) is 0 Å². The lowest BCUT2D eigenvalue weighted by atomic mass is 10.1. The fourth-order valence-electron chi connectivity index (χ4n) is 2.37. The van der Waals surface area contributed by atoms with Crippen molar-refractivity contribution in [3.05, 3.63) is 21.9 Å². The highest BCUT2D eigenvalue weighted by molar-refractivity contribution is 7.10. The molecule has 1 aromatic heterocycles. The lowest BCUT2D eigenvalue weighted by Gasteiger charge is -1.98. The van der Waals surface area contributed by atoms with Crippen molar-refractivity contribution in [1.82, 2.24) is 0 Å². The summed E-state index contributed by atoms with van der Waals surface area (Å²) in [7, 11) is 0. The summed E-state index contributed by atoms with van der Waals surface area (Å²) in [5.74, 6) is 1.42. The van der Waals surface area contributed by atoms with Gasteiger partial charge < -0.3 is 5.73 Å². The molecule has 1 aliphatic carbocycles. The first kappa shape index (κ1) is 9.22. The molecule has 1 nitrogen and oxygen atoms in total. The molecule has 0 amide bonds. The van der Waals surface area contributed by atoms with E-state index in [0.29, 0.717) is 11.3 Å². The van der Waals surface area contributed by atoms with E-state index in [1.54, 1.807) is 0 Å². The standard InChI is InChI=1S/C11H17NS/c1-7-4-9(13-6-7)10-8(5-12)11(10,2)3/h4,6,8,10H,5,12H2,1-3H3/t8-,10+/m0/s1. The van der Waals surface area contributed by atoms with Gasteiger partial charge in [-0.3, -0.25) is 0 Å². The van der Waals surface area contributed by atoms with Crippen molar-refractivity contribution < 1.29 is 0 Å². The van der Waals surface area contributed by atoms with Gasteiger partial charge in [0.25, 0.3) is 0 Å². The molecule has 0 unspecified atom stereocenters. The second kappa shape index (κ2) is 2.82. The van der Waals surface area contributed by atoms with E-state index in [1.807, 2.05) is 11.3 Å². The van der Waals surface area contributed by atoms with Crippen molar-refractivity contribution in [3.63, 3.8) is 0 Å². The minimum Gasteiger partial charge on any atom is -0.330 e. The number of hydrogen-bond donors (Lipinski definition) is 1. The molecule has 0 saturated heterocycles. The Balaban J connectivity index is 2.21. The maximum atomic E-state index is 5.75. The minimum atomic E-state index is 0.437. The molecule has 1 heterocycles. The predicted octanol–water partition coefficient (Wildman–Crippen LogP) is 2.75. The Morgan fingerprint density at radius 3 is 2.62 bits per heavy atom. The molecule has 1 fully saturated rings. The molecule has 2 rings (SSSR count). The summed E-state index contributed by atoms with van der Waals surface area (Å²) in [5.41, 5.74) is 7.57. The van der Waals surface area contributed by atoms with Crippen molar-refractivity contribution in [2.24, 2.45) is 17.1 Å². The highest BCUT2D eigenvalue weighted by atomic mass is 32.1. The monoisotopic (exact) mass is 195 g/mol. The maximum absolute atomic E-state index is 5.75. The molecule has 2 heteroatoms. The average molecular weight is 195 g/mol. The molecule has 2 atom stereocenters. The van der Waals surface area contributed by atoms with Gasteiger partial charge in [-0.1, -0.05) is 13.8 Å². The number of nitrogens with two attached hydrogens (primary N) is 1. The quantitative estimate of drug-likeness (QED) is 0.771. The van der Waals surface area contributed by atoms with Crippen LogP contribution in [0, 0.1) is 18.3 Å². The Morgan fingerprint density at radius 1 is 1.54 bits per heavy atom. The van der Waals surface area contributed by atoms with Gasteiger partial charge in [-0.05, 0) is 41.8 Å². The van der Waals surface area contributed by atoms with Crippen LogP contribution in [0.4, 0.5) is 0 Å². The molecular weight excluding hydrogens is 178 g/mol. The molecule has 72 valence electrons. The fourth-order valence-corrected chi connectivity index (χ4v) is 3.62. The van der Waals surface area contributed by atoms with E-state index < -0.39 is 0 Å². The van der Waals surface area contributed by atoms with Crippen LogP contribution < -0.4 is 5.73 Å². The summed E-state index contributed by atoms with van der Waals surface area (Å²) >= 11 is 1.89. The summed E-state index contributed by atoms with van der Waals surface area (Å²) in [6.07, 6.45) is 0. The molecule has 13 heavy (non-hydrogen) atoms. The molecule has 0 bridgehead atoms. The maximum Gasteiger partial charge on any atom is 0.00878 e. The van der Waals surface area contributed by atoms with Gasteiger partial charge in [0.1, 0.15) is 0 Å². The van der Waals surface area contributed by atoms with Gasteiger partial charge in [0.15, 0.2) is 0 Å². The molecule has 1 aromatic rings. The number of aryl methyl sites for hydroxylation is 1. The van der Waals surface area contributed by atoms with Crippen LogP contribution in [0.25, 0.3) is 0 Å². The zero-order valence-electron chi connectivity index (χ0n) is 8.50. The molecule has 0 radical (unpaired) electrons. The molecule has 1 aliphatic rings. The second-order valence-corrected chi connectivity index (χ2v) is 5.61. The first-order valence-electron chi connectivity index (χ1n) is 4.82. The molecule has 0 aliphatic heterocycles. The summed E-state index contributed by atoms with van der Waals surface area (Å²) in [6.45, 7) is 7.63. The number of hydrogen-bond acceptors (Lipinski definition) is 2. The third-order valence-corrected chi connectivity index (χ3v) is 4.50. The van der Waals surface area contributed by atoms with Gasteiger partial charge in [0, 0.05) is 10.8 Å². The minimum absolute atomic E-state index is 0.437. The normalized spacial score (nSPS) is 30.5. The zero-order valence-corrected chi connectivity index (χ0v) is 9.32. The summed E-state index contributed by atoms with van der Waals surface area (Å²) in [5, 5.41) is 2.23. The number of rotatable bonds is 2. The van der Waals surface area contributed by atoms with Gasteiger partial charge in [0.2, 0.25) is 0 Å². The van der Waals surface area contributed by atoms with E-state index in [2.05, 4.69) is 32.2 Å². The average Bonchev–Trinajstić information content (AvgIpc) is 2.41. The van der Waals surface area contributed by atoms with E-state index in [1.165, 1.54) is 10.4 Å². The van der Waals surface area contributed by atoms with Crippen LogP contribution in [-0.2, 0) is 0 Å². The van der Waals surface area contributed by atoms with Gasteiger partial charge in [0.05, 0.1) is 0 Å². The summed E-state index contributed by atoms with van der Waals surface area (Å²) in [6, 6.07) is 2.31. The Morgan fingerprint density at radius 2 is 2.23 bits per heavy atom. The molecule has 1 saturated carbocycles. The van der Waals surface area contributed by atoms with Crippen LogP contribution in [0.15, 0.2) is 11.4 Å². The van der Waals surface area contributed by atoms with E-state index in [4.69, 9.17) is 5.73 Å². The van der Waals surface area contributed by atoms with Crippen LogP contribution >= 0.6 is 11.3 Å². The van der Waals surface area contributed by atoms with Crippen molar-refractivity contribution in [1.29, 1.82) is 0 Å². The van der Waals surface area contributed by atoms with Gasteiger partial charge >= 0.3 is 0 Å². The second-order valence-electron chi connectivity index (χ2n) is 4.67. The van der Waals surface area contributed by atoms with E-state index >= 15 is 0 Å². The largest absolute Gasteiger partial charge is 0.330 e. The predicted molar refractivity (Wildman–Crippen MR) is 58.1 cm³/mol. The first-order valence-corrected chi connectivity index (χ1v) is 5.70. The molecule has 0 spiro atoms. The lowest BCUT2D eigenvalue weighted by Crippen LogP contribution is -2.05. The van der Waals surface area contributed by atoms with E-state index in [0.717, 1.165) is 12.5 Å². The van der Waals surface area contributed by atoms with Crippen molar-refractivity contribution in [2.45, 2.75) is 26.7 Å². The van der Waals surface area contributed by atoms with Gasteiger partial charge in [-0.2, -0.15) is 0 Å². The number of thiophene rings is 1. The van der Waals surface area contributed by atoms with Crippen molar-refractivity contribution in [3.8, 4) is 0 Å². The van der Waals surface area contributed by atoms with Crippen LogP contribution in [0.2, 0.25) is 0 Å². The summed E-state index contributed by atoms with van der Waals surface area (Å²) < 4.78 is 0. The topological polar surface area (TPSA) is 26.0 Å². The highest BCUT2D eigenvalue weighted by Gasteiger charge is 2.57. The fraction of sp³-hybridized carbons (Fsp3) is 0.636. The first-order chi connectivity index (χ1) is 6.07. The van der Waals surface area contributed by atoms with Crippen molar-refractivity contribution >= 4 is 11.3 Å². The zero-order chi connectivity index (χ0) is 9.64. The van der Waals surface area contributed by atoms with Crippen LogP contribution in [0.5, 0.6) is 0 Å². The van der Waals surface area contributed by atoms with Crippen LogP contribution in [-0.4, -0.2) is 6.54 Å². The van der Waals surface area contributed by atoms with E-state index in [9.17, 15) is 0 Å². The molecule has 0 aromatic carbocycles. The van der Waals surface area contributed by atoms with Crippen molar-refractivity contribution in [2.75, 3.05) is 6.54 Å². The Bertz CT molecular complexity index is 314. The Hall–Kier alpha value is -0.340. The van der Waals surface area contributed by atoms with Gasteiger partial charge in [-0.25, -0.2) is 0 Å². The third kappa shape index (κ3) is 1.32. The molecular formula is C11H17NS. The SMILES string of the molecule is Cc1csc([C@H]2[C@H](CN)C2(C)C)c1. The Labute approximate surface area is 84.0 Å². The Kier molecular flexibility index (Phi) is 2.00. The van der Waals surface area contributed by atoms with Gasteiger partial charge in [-0.15, -0.1) is 11.3 Å². The smallest absolute Gasteiger partial charge is 0.00878 e. The third-order valence-electron chi connectivity index (χ3n) is 3.36. The van der Waals surface area contributed by atoms with Crippen LogP contribution in [0.1, 0.15) is 30.2 Å².